The van der Waals surface area contributed by atoms with Crippen LogP contribution in [0.5, 0.6) is 0 Å². The molecule has 2 aliphatic heterocycles. The van der Waals surface area contributed by atoms with E-state index in [2.05, 4.69) is 5.32 Å². The van der Waals surface area contributed by atoms with Crippen molar-refractivity contribution in [3.8, 4) is 0 Å². The molecule has 86 valence electrons. The minimum absolute atomic E-state index is 0.154. The molecule has 1 N–H and O–H groups in total. The summed E-state index contributed by atoms with van der Waals surface area (Å²) in [7, 11) is 0. The lowest BCUT2D eigenvalue weighted by molar-refractivity contribution is 0.0226. The first kappa shape index (κ1) is 10.7. The number of hydrogen-bond donors (Lipinski definition) is 1. The van der Waals surface area contributed by atoms with Gasteiger partial charge in [0.2, 0.25) is 0 Å². The average molecular weight is 212 g/mol. The van der Waals surface area contributed by atoms with Crippen LogP contribution >= 0.6 is 0 Å². The van der Waals surface area contributed by atoms with Crippen molar-refractivity contribution in [1.82, 2.24) is 10.2 Å². The number of piperidine rings is 1. The molecule has 0 unspecified atom stereocenters. The molecular weight excluding hydrogens is 192 g/mol. The summed E-state index contributed by atoms with van der Waals surface area (Å²) in [6.07, 6.45) is 1.98. The van der Waals surface area contributed by atoms with Gasteiger partial charge < -0.3 is 15.0 Å². The predicted octanol–water partition coefficient (Wildman–Crippen LogP) is 1.36. The summed E-state index contributed by atoms with van der Waals surface area (Å²) in [6.45, 7) is 7.55. The van der Waals surface area contributed by atoms with Crippen molar-refractivity contribution in [2.75, 3.05) is 13.1 Å². The van der Waals surface area contributed by atoms with Gasteiger partial charge in [0.25, 0.3) is 0 Å². The van der Waals surface area contributed by atoms with Gasteiger partial charge >= 0.3 is 6.09 Å². The molecule has 0 aromatic rings. The van der Waals surface area contributed by atoms with Gasteiger partial charge in [-0.25, -0.2) is 4.79 Å². The highest BCUT2D eigenvalue weighted by molar-refractivity contribution is 5.69. The molecule has 0 aromatic heterocycles. The van der Waals surface area contributed by atoms with Crippen LogP contribution in [0.4, 0.5) is 4.79 Å². The summed E-state index contributed by atoms with van der Waals surface area (Å²) >= 11 is 0. The summed E-state index contributed by atoms with van der Waals surface area (Å²) in [5.74, 6) is 0. The highest BCUT2D eigenvalue weighted by Gasteiger charge is 2.39. The van der Waals surface area contributed by atoms with Gasteiger partial charge in [-0.1, -0.05) is 0 Å². The Morgan fingerprint density at radius 2 is 2.20 bits per heavy atom. The molecular formula is C11H20N2O2. The second-order valence-corrected chi connectivity index (χ2v) is 5.46. The molecule has 0 spiro atoms. The van der Waals surface area contributed by atoms with E-state index in [4.69, 9.17) is 4.74 Å². The lowest BCUT2D eigenvalue weighted by atomic mass is 10.1. The number of amides is 1. The van der Waals surface area contributed by atoms with E-state index in [-0.39, 0.29) is 11.7 Å². The van der Waals surface area contributed by atoms with Gasteiger partial charge in [-0.05, 0) is 40.2 Å². The van der Waals surface area contributed by atoms with Crippen molar-refractivity contribution in [3.63, 3.8) is 0 Å². The lowest BCUT2D eigenvalue weighted by Gasteiger charge is -2.28. The predicted molar refractivity (Wildman–Crippen MR) is 57.8 cm³/mol. The van der Waals surface area contributed by atoms with E-state index in [0.717, 1.165) is 25.9 Å². The van der Waals surface area contributed by atoms with Crippen LogP contribution in [0.3, 0.4) is 0 Å². The fraction of sp³-hybridized carbons (Fsp3) is 0.909. The first-order chi connectivity index (χ1) is 6.96. The largest absolute Gasteiger partial charge is 0.444 e. The van der Waals surface area contributed by atoms with Crippen LogP contribution in [0.2, 0.25) is 0 Å². The van der Waals surface area contributed by atoms with Gasteiger partial charge in [0.05, 0.1) is 0 Å². The van der Waals surface area contributed by atoms with Crippen LogP contribution in [0.1, 0.15) is 33.6 Å². The van der Waals surface area contributed by atoms with Crippen LogP contribution < -0.4 is 5.32 Å². The number of ether oxygens (including phenoxy) is 1. The smallest absolute Gasteiger partial charge is 0.410 e. The summed E-state index contributed by atoms with van der Waals surface area (Å²) in [5.41, 5.74) is -0.388. The molecule has 2 fully saturated rings. The van der Waals surface area contributed by atoms with E-state index in [1.807, 2.05) is 25.7 Å². The fourth-order valence-corrected chi connectivity index (χ4v) is 2.34. The molecule has 2 atom stereocenters. The van der Waals surface area contributed by atoms with Crippen molar-refractivity contribution < 1.29 is 9.53 Å². The molecule has 2 heterocycles. The van der Waals surface area contributed by atoms with Crippen LogP contribution in [0.15, 0.2) is 0 Å². The Labute approximate surface area is 91.0 Å². The number of nitrogens with one attached hydrogen (secondary N) is 1. The molecule has 4 heteroatoms. The van der Waals surface area contributed by atoms with Gasteiger partial charge in [-0.3, -0.25) is 0 Å². The first-order valence-electron chi connectivity index (χ1n) is 5.69. The standard InChI is InChI=1S/C11H20N2O2/c1-11(2,3)15-10(14)13-7-8-6-9(13)4-5-12-8/h8-9,12H,4-7H2,1-3H3/t8-,9+/m1/s1. The van der Waals surface area contributed by atoms with Crippen molar-refractivity contribution >= 4 is 6.09 Å². The molecule has 2 bridgehead atoms. The third-order valence-corrected chi connectivity index (χ3v) is 2.95. The quantitative estimate of drug-likeness (QED) is 0.659. The highest BCUT2D eigenvalue weighted by atomic mass is 16.6. The normalized spacial score (nSPS) is 30.5. The number of carbonyl (C=O) groups excluding carboxylic acids is 1. The number of fused-ring (bicyclic) bond motifs is 2. The number of likely N-dealkylation sites (tertiary alicyclic amines) is 1. The molecule has 2 saturated heterocycles. The van der Waals surface area contributed by atoms with E-state index in [0.29, 0.717) is 12.1 Å². The minimum atomic E-state index is -0.388. The molecule has 0 radical (unpaired) electrons. The second kappa shape index (κ2) is 3.67. The molecule has 0 aliphatic carbocycles. The molecule has 15 heavy (non-hydrogen) atoms. The zero-order valence-corrected chi connectivity index (χ0v) is 9.75. The molecule has 4 nitrogen and oxygen atoms in total. The monoisotopic (exact) mass is 212 g/mol. The van der Waals surface area contributed by atoms with Crippen molar-refractivity contribution in [2.24, 2.45) is 0 Å². The van der Waals surface area contributed by atoms with Gasteiger partial charge in [0.1, 0.15) is 5.60 Å². The lowest BCUT2D eigenvalue weighted by Crippen LogP contribution is -2.39. The summed E-state index contributed by atoms with van der Waals surface area (Å²) in [5, 5.41) is 3.41. The van der Waals surface area contributed by atoms with Crippen molar-refractivity contribution in [2.45, 2.75) is 51.3 Å². The Balaban J connectivity index is 1.96. The topological polar surface area (TPSA) is 41.6 Å². The van der Waals surface area contributed by atoms with Crippen LogP contribution in [-0.4, -0.2) is 41.8 Å². The molecule has 1 amide bonds. The second-order valence-electron chi connectivity index (χ2n) is 5.46. The van der Waals surface area contributed by atoms with Crippen LogP contribution in [0, 0.1) is 0 Å². The fourth-order valence-electron chi connectivity index (χ4n) is 2.34. The van der Waals surface area contributed by atoms with Crippen LogP contribution in [0.25, 0.3) is 0 Å². The number of rotatable bonds is 0. The first-order valence-corrected chi connectivity index (χ1v) is 5.69. The third kappa shape index (κ3) is 2.43. The zero-order chi connectivity index (χ0) is 11.1. The van der Waals surface area contributed by atoms with Crippen molar-refractivity contribution in [3.05, 3.63) is 0 Å². The molecule has 0 aromatic carbocycles. The summed E-state index contributed by atoms with van der Waals surface area (Å²) in [6, 6.07) is 0.877. The van der Waals surface area contributed by atoms with E-state index < -0.39 is 0 Å². The minimum Gasteiger partial charge on any atom is -0.444 e. The van der Waals surface area contributed by atoms with E-state index in [1.165, 1.54) is 0 Å². The van der Waals surface area contributed by atoms with Gasteiger partial charge in [-0.15, -0.1) is 0 Å². The van der Waals surface area contributed by atoms with E-state index in [1.54, 1.807) is 0 Å². The Bertz CT molecular complexity index is 260. The van der Waals surface area contributed by atoms with Gasteiger partial charge in [-0.2, -0.15) is 0 Å². The molecule has 2 rings (SSSR count). The maximum Gasteiger partial charge on any atom is 0.410 e. The molecule has 0 saturated carbocycles. The number of nitrogens with zero attached hydrogens (tertiary/aromatic N) is 1. The Hall–Kier alpha value is -0.770. The van der Waals surface area contributed by atoms with E-state index in [9.17, 15) is 4.79 Å². The van der Waals surface area contributed by atoms with Crippen LogP contribution in [-0.2, 0) is 4.74 Å². The Morgan fingerprint density at radius 3 is 2.80 bits per heavy atom. The maximum atomic E-state index is 11.9. The van der Waals surface area contributed by atoms with Gasteiger partial charge in [0, 0.05) is 18.6 Å². The van der Waals surface area contributed by atoms with Crippen molar-refractivity contribution in [1.29, 1.82) is 0 Å². The Kier molecular flexibility index (Phi) is 2.63. The van der Waals surface area contributed by atoms with E-state index >= 15 is 0 Å². The average Bonchev–Trinajstić information content (AvgIpc) is 2.38. The molecule has 2 aliphatic rings. The summed E-state index contributed by atoms with van der Waals surface area (Å²) in [4.78, 5) is 13.8. The SMILES string of the molecule is CC(C)(C)OC(=O)N1C[C@H]2C[C@@H]1CCN2. The number of hydrogen-bond acceptors (Lipinski definition) is 3. The maximum absolute atomic E-state index is 11.9. The Morgan fingerprint density at radius 1 is 1.47 bits per heavy atom. The zero-order valence-electron chi connectivity index (χ0n) is 9.75. The summed E-state index contributed by atoms with van der Waals surface area (Å²) < 4.78 is 5.39. The van der Waals surface area contributed by atoms with Gasteiger partial charge in [0.15, 0.2) is 0 Å². The number of carbonyl (C=O) groups is 1. The third-order valence-electron chi connectivity index (χ3n) is 2.95. The highest BCUT2D eigenvalue weighted by Crippen LogP contribution is 2.25.